The molecule has 0 radical (unpaired) electrons. The maximum absolute atomic E-state index is 11.8. The molecule has 1 aliphatic rings. The van der Waals surface area contributed by atoms with Crippen LogP contribution in [0.2, 0.25) is 0 Å². The van der Waals surface area contributed by atoms with Crippen molar-refractivity contribution in [2.75, 3.05) is 17.2 Å². The Morgan fingerprint density at radius 2 is 1.78 bits per heavy atom. The molecule has 0 aliphatic carbocycles. The Bertz CT molecular complexity index is 686. The van der Waals surface area contributed by atoms with E-state index in [9.17, 15) is 16.8 Å². The highest BCUT2D eigenvalue weighted by Gasteiger charge is 2.30. The van der Waals surface area contributed by atoms with Crippen molar-refractivity contribution < 1.29 is 21.0 Å². The van der Waals surface area contributed by atoms with Gasteiger partial charge in [0.25, 0.3) is 0 Å². The lowest BCUT2D eigenvalue weighted by Gasteiger charge is -2.07. The topological polar surface area (TPSA) is 104 Å². The Morgan fingerprint density at radius 1 is 1.17 bits per heavy atom. The third kappa shape index (κ3) is 2.82. The molecule has 0 bridgehead atoms. The van der Waals surface area contributed by atoms with Gasteiger partial charge in [0.05, 0.1) is 16.4 Å². The van der Waals surface area contributed by atoms with Crippen LogP contribution in [0.25, 0.3) is 0 Å². The van der Waals surface area contributed by atoms with Gasteiger partial charge in [-0.05, 0) is 24.3 Å². The molecule has 0 atom stereocenters. The van der Waals surface area contributed by atoms with Crippen LogP contribution in [-0.2, 0) is 20.0 Å². The summed E-state index contributed by atoms with van der Waals surface area (Å²) >= 11 is 0. The van der Waals surface area contributed by atoms with Crippen LogP contribution in [-0.4, -0.2) is 28.3 Å². The van der Waals surface area contributed by atoms with Gasteiger partial charge in [-0.25, -0.2) is 8.42 Å². The predicted molar refractivity (Wildman–Crippen MR) is 67.1 cm³/mol. The van der Waals surface area contributed by atoms with E-state index >= 15 is 0 Å². The Kier molecular flexibility index (Phi) is 3.07. The van der Waals surface area contributed by atoms with Crippen molar-refractivity contribution in [3.05, 3.63) is 35.2 Å². The Hall–Kier alpha value is -1.54. The molecule has 0 saturated heterocycles. The minimum atomic E-state index is -4.06. The number of hydrogen-bond acceptors (Lipinski definition) is 6. The molecule has 1 aliphatic heterocycles. The van der Waals surface area contributed by atoms with Crippen molar-refractivity contribution in [2.45, 2.75) is 0 Å². The summed E-state index contributed by atoms with van der Waals surface area (Å²) in [6.07, 6.45) is 1.15. The molecule has 18 heavy (non-hydrogen) atoms. The molecule has 2 rings (SSSR count). The second-order valence-corrected chi connectivity index (χ2v) is 7.54. The van der Waals surface area contributed by atoms with E-state index in [1.807, 2.05) is 0 Å². The van der Waals surface area contributed by atoms with Crippen LogP contribution in [0, 0.1) is 0 Å². The van der Waals surface area contributed by atoms with E-state index < -0.39 is 25.7 Å². The molecule has 8 heteroatoms. The number of nitrogens with two attached hydrogens (primary N) is 1. The van der Waals surface area contributed by atoms with Crippen LogP contribution in [0.15, 0.2) is 35.2 Å². The van der Waals surface area contributed by atoms with Gasteiger partial charge in [-0.2, -0.15) is 8.42 Å². The third-order valence-electron chi connectivity index (χ3n) is 2.33. The van der Waals surface area contributed by atoms with Gasteiger partial charge < -0.3 is 9.92 Å². The molecular formula is C10H11NO5S2. The molecule has 6 nitrogen and oxygen atoms in total. The molecule has 0 aromatic heterocycles. The largest absolute Gasteiger partial charge is 0.399 e. The van der Waals surface area contributed by atoms with Gasteiger partial charge >= 0.3 is 10.1 Å². The monoisotopic (exact) mass is 289 g/mol. The fourth-order valence-corrected chi connectivity index (χ4v) is 4.54. The molecule has 0 spiro atoms. The summed E-state index contributed by atoms with van der Waals surface area (Å²) in [5.74, 6) is -0.689. The summed E-state index contributed by atoms with van der Waals surface area (Å²) in [4.78, 5) is -0.223. The zero-order chi connectivity index (χ0) is 13.4. The average Bonchev–Trinajstić information content (AvgIpc) is 2.63. The first-order chi connectivity index (χ1) is 8.28. The van der Waals surface area contributed by atoms with E-state index in [4.69, 9.17) is 9.92 Å². The SMILES string of the molecule is Nc1ccc(OS(=O)(=O)C2=CCS(=O)(=O)C2)cc1. The first-order valence-corrected chi connectivity index (χ1v) is 8.21. The van der Waals surface area contributed by atoms with Gasteiger partial charge in [0.2, 0.25) is 0 Å². The second-order valence-electron chi connectivity index (χ2n) is 3.83. The van der Waals surface area contributed by atoms with Gasteiger partial charge in [-0.1, -0.05) is 6.08 Å². The van der Waals surface area contributed by atoms with Crippen LogP contribution in [0.5, 0.6) is 5.75 Å². The molecule has 1 heterocycles. The van der Waals surface area contributed by atoms with E-state index in [-0.39, 0.29) is 16.4 Å². The molecular weight excluding hydrogens is 278 g/mol. The molecule has 2 N–H and O–H groups in total. The van der Waals surface area contributed by atoms with E-state index in [1.54, 1.807) is 0 Å². The van der Waals surface area contributed by atoms with Gasteiger partial charge in [0.1, 0.15) is 5.75 Å². The highest BCUT2D eigenvalue weighted by atomic mass is 32.2. The van der Waals surface area contributed by atoms with Crippen molar-refractivity contribution in [2.24, 2.45) is 0 Å². The van der Waals surface area contributed by atoms with E-state index in [1.165, 1.54) is 24.3 Å². The smallest absolute Gasteiger partial charge is 0.336 e. The number of nitrogen functional groups attached to an aromatic ring is 1. The molecule has 0 fully saturated rings. The fourth-order valence-electron chi connectivity index (χ4n) is 1.43. The lowest BCUT2D eigenvalue weighted by Crippen LogP contribution is -2.15. The van der Waals surface area contributed by atoms with Crippen LogP contribution >= 0.6 is 0 Å². The first kappa shape index (κ1) is 12.9. The molecule has 1 aromatic carbocycles. The Morgan fingerprint density at radius 3 is 2.28 bits per heavy atom. The Labute approximate surface area is 105 Å². The highest BCUT2D eigenvalue weighted by Crippen LogP contribution is 2.22. The molecule has 0 saturated carbocycles. The number of sulfone groups is 1. The lowest BCUT2D eigenvalue weighted by atomic mass is 10.3. The summed E-state index contributed by atoms with van der Waals surface area (Å²) in [6.45, 7) is 0. The number of benzene rings is 1. The van der Waals surface area contributed by atoms with Crippen molar-refractivity contribution in [1.82, 2.24) is 0 Å². The summed E-state index contributed by atoms with van der Waals surface area (Å²) in [6, 6.07) is 5.78. The van der Waals surface area contributed by atoms with Gasteiger partial charge in [0.15, 0.2) is 9.84 Å². The minimum absolute atomic E-state index is 0.0920. The predicted octanol–water partition coefficient (Wildman–Crippen LogP) is 0.290. The molecule has 0 amide bonds. The van der Waals surface area contributed by atoms with Crippen molar-refractivity contribution in [1.29, 1.82) is 0 Å². The summed E-state index contributed by atoms with van der Waals surface area (Å²) < 4.78 is 50.8. The second kappa shape index (κ2) is 4.29. The zero-order valence-electron chi connectivity index (χ0n) is 9.24. The van der Waals surface area contributed by atoms with Crippen LogP contribution in [0.1, 0.15) is 0 Å². The number of hydrogen-bond donors (Lipinski definition) is 1. The third-order valence-corrected chi connectivity index (χ3v) is 5.31. The first-order valence-electron chi connectivity index (χ1n) is 4.98. The van der Waals surface area contributed by atoms with Crippen molar-refractivity contribution in [3.63, 3.8) is 0 Å². The summed E-state index contributed by atoms with van der Waals surface area (Å²) in [7, 11) is -7.41. The molecule has 98 valence electrons. The van der Waals surface area contributed by atoms with Gasteiger partial charge in [-0.3, -0.25) is 0 Å². The number of anilines is 1. The highest BCUT2D eigenvalue weighted by molar-refractivity contribution is 7.96. The van der Waals surface area contributed by atoms with E-state index in [2.05, 4.69) is 0 Å². The van der Waals surface area contributed by atoms with Crippen molar-refractivity contribution >= 4 is 25.6 Å². The van der Waals surface area contributed by atoms with Crippen LogP contribution < -0.4 is 9.92 Å². The standard InChI is InChI=1S/C10H11NO5S2/c11-8-1-3-9(4-2-8)16-18(14,15)10-5-6-17(12,13)7-10/h1-5H,6-7,11H2. The molecule has 0 unspecified atom stereocenters. The summed E-state index contributed by atoms with van der Waals surface area (Å²) in [5.41, 5.74) is 5.93. The normalized spacial score (nSPS) is 18.3. The average molecular weight is 289 g/mol. The summed E-state index contributed by atoms with van der Waals surface area (Å²) in [5, 5.41) is 0. The van der Waals surface area contributed by atoms with Crippen LogP contribution in [0.3, 0.4) is 0 Å². The van der Waals surface area contributed by atoms with E-state index in [0.717, 1.165) is 6.08 Å². The van der Waals surface area contributed by atoms with E-state index in [0.29, 0.717) is 5.69 Å². The maximum atomic E-state index is 11.8. The van der Waals surface area contributed by atoms with Gasteiger partial charge in [-0.15, -0.1) is 0 Å². The number of rotatable bonds is 3. The van der Waals surface area contributed by atoms with Gasteiger partial charge in [0, 0.05) is 5.69 Å². The lowest BCUT2D eigenvalue weighted by molar-refractivity contribution is 0.493. The van der Waals surface area contributed by atoms with Crippen molar-refractivity contribution in [3.8, 4) is 5.75 Å². The zero-order valence-corrected chi connectivity index (χ0v) is 10.9. The maximum Gasteiger partial charge on any atom is 0.336 e. The fraction of sp³-hybridized carbons (Fsp3) is 0.200. The Balaban J connectivity index is 2.21. The molecule has 1 aromatic rings. The minimum Gasteiger partial charge on any atom is -0.399 e. The van der Waals surface area contributed by atoms with Crippen LogP contribution in [0.4, 0.5) is 5.69 Å². The quantitative estimate of drug-likeness (QED) is 0.633.